The number of carbonyl (C=O) groups excluding carboxylic acids is 1. The van der Waals surface area contributed by atoms with Crippen molar-refractivity contribution < 1.29 is 4.79 Å². The van der Waals surface area contributed by atoms with E-state index in [2.05, 4.69) is 0 Å². The topological polar surface area (TPSA) is 46.3 Å². The highest BCUT2D eigenvalue weighted by Gasteiger charge is 2.34. The summed E-state index contributed by atoms with van der Waals surface area (Å²) in [6.45, 7) is 2.70. The lowest BCUT2D eigenvalue weighted by Crippen LogP contribution is -2.39. The number of benzene rings is 2. The SMILES string of the molecule is CC(C(=O)N1CCCC1c1cccc(Cl)c1)C(N)c1ccccc1. The number of halogens is 1. The number of hydrogen-bond donors (Lipinski definition) is 1. The molecule has 3 nitrogen and oxygen atoms in total. The van der Waals surface area contributed by atoms with Crippen LogP contribution >= 0.6 is 11.6 Å². The van der Waals surface area contributed by atoms with E-state index in [0.29, 0.717) is 5.02 Å². The lowest BCUT2D eigenvalue weighted by molar-refractivity contribution is -0.136. The molecule has 2 N–H and O–H groups in total. The van der Waals surface area contributed by atoms with Gasteiger partial charge in [0.05, 0.1) is 12.0 Å². The third-order valence-corrected chi connectivity index (χ3v) is 5.12. The van der Waals surface area contributed by atoms with Crippen molar-refractivity contribution in [2.75, 3.05) is 6.54 Å². The minimum absolute atomic E-state index is 0.0987. The Morgan fingerprint density at radius 1 is 1.21 bits per heavy atom. The Hall–Kier alpha value is -1.84. The van der Waals surface area contributed by atoms with Crippen LogP contribution in [0.3, 0.4) is 0 Å². The second-order valence-electron chi connectivity index (χ2n) is 6.47. The molecule has 0 spiro atoms. The lowest BCUT2D eigenvalue weighted by Gasteiger charge is -2.30. The molecule has 24 heavy (non-hydrogen) atoms. The van der Waals surface area contributed by atoms with Crippen LogP contribution in [-0.4, -0.2) is 17.4 Å². The smallest absolute Gasteiger partial charge is 0.227 e. The summed E-state index contributed by atoms with van der Waals surface area (Å²) in [4.78, 5) is 15.0. The molecule has 3 unspecified atom stereocenters. The molecule has 0 aliphatic carbocycles. The summed E-state index contributed by atoms with van der Waals surface area (Å²) in [5, 5.41) is 0.709. The number of hydrogen-bond acceptors (Lipinski definition) is 2. The van der Waals surface area contributed by atoms with Crippen molar-refractivity contribution in [2.45, 2.75) is 31.8 Å². The Morgan fingerprint density at radius 2 is 1.96 bits per heavy atom. The minimum atomic E-state index is -0.292. The van der Waals surface area contributed by atoms with Crippen molar-refractivity contribution in [3.8, 4) is 0 Å². The van der Waals surface area contributed by atoms with Crippen molar-refractivity contribution in [2.24, 2.45) is 11.7 Å². The third kappa shape index (κ3) is 3.47. The van der Waals surface area contributed by atoms with Crippen LogP contribution in [0.5, 0.6) is 0 Å². The Balaban J connectivity index is 1.78. The number of rotatable bonds is 4. The Labute approximate surface area is 148 Å². The molecule has 1 aliphatic rings. The van der Waals surface area contributed by atoms with E-state index < -0.39 is 0 Å². The van der Waals surface area contributed by atoms with Gasteiger partial charge in [-0.3, -0.25) is 4.79 Å². The van der Waals surface area contributed by atoms with Gasteiger partial charge in [0.1, 0.15) is 0 Å². The summed E-state index contributed by atoms with van der Waals surface area (Å²) >= 11 is 6.12. The van der Waals surface area contributed by atoms with Gasteiger partial charge in [0.25, 0.3) is 0 Å². The van der Waals surface area contributed by atoms with Crippen LogP contribution in [0.25, 0.3) is 0 Å². The first-order valence-corrected chi connectivity index (χ1v) is 8.82. The molecule has 4 heteroatoms. The Morgan fingerprint density at radius 3 is 2.67 bits per heavy atom. The van der Waals surface area contributed by atoms with E-state index in [-0.39, 0.29) is 23.9 Å². The van der Waals surface area contributed by atoms with E-state index in [4.69, 9.17) is 17.3 Å². The number of amides is 1. The maximum Gasteiger partial charge on any atom is 0.227 e. The average Bonchev–Trinajstić information content (AvgIpc) is 3.10. The van der Waals surface area contributed by atoms with Gasteiger partial charge in [-0.25, -0.2) is 0 Å². The van der Waals surface area contributed by atoms with Crippen LogP contribution in [0, 0.1) is 5.92 Å². The van der Waals surface area contributed by atoms with Gasteiger partial charge < -0.3 is 10.6 Å². The summed E-state index contributed by atoms with van der Waals surface area (Å²) in [5.74, 6) is -0.138. The van der Waals surface area contributed by atoms with Gasteiger partial charge in [-0.15, -0.1) is 0 Å². The summed E-state index contributed by atoms with van der Waals surface area (Å²) in [5.41, 5.74) is 8.45. The predicted octanol–water partition coefficient (Wildman–Crippen LogP) is 4.34. The number of likely N-dealkylation sites (tertiary alicyclic amines) is 1. The highest BCUT2D eigenvalue weighted by Crippen LogP contribution is 2.35. The summed E-state index contributed by atoms with van der Waals surface area (Å²) in [7, 11) is 0. The van der Waals surface area contributed by atoms with Crippen LogP contribution in [-0.2, 0) is 4.79 Å². The first kappa shape index (κ1) is 17.0. The van der Waals surface area contributed by atoms with Gasteiger partial charge in [0, 0.05) is 17.6 Å². The lowest BCUT2D eigenvalue weighted by atomic mass is 9.93. The molecule has 1 amide bonds. The van der Waals surface area contributed by atoms with Crippen LogP contribution in [0.2, 0.25) is 5.02 Å². The second-order valence-corrected chi connectivity index (χ2v) is 6.91. The molecule has 2 aromatic rings. The Bertz CT molecular complexity index is 704. The van der Waals surface area contributed by atoms with E-state index in [1.165, 1.54) is 0 Å². The normalized spacial score (nSPS) is 20.0. The van der Waals surface area contributed by atoms with Gasteiger partial charge in [-0.1, -0.05) is 61.0 Å². The monoisotopic (exact) mass is 342 g/mol. The molecule has 0 bridgehead atoms. The molecule has 1 heterocycles. The first-order valence-electron chi connectivity index (χ1n) is 8.44. The third-order valence-electron chi connectivity index (χ3n) is 4.88. The maximum absolute atomic E-state index is 13.0. The Kier molecular flexibility index (Phi) is 5.22. The van der Waals surface area contributed by atoms with Gasteiger partial charge in [0.15, 0.2) is 0 Å². The zero-order chi connectivity index (χ0) is 17.1. The molecule has 0 aromatic heterocycles. The van der Waals surface area contributed by atoms with Gasteiger partial charge in [0.2, 0.25) is 5.91 Å². The zero-order valence-corrected chi connectivity index (χ0v) is 14.6. The van der Waals surface area contributed by atoms with Crippen molar-refractivity contribution >= 4 is 17.5 Å². The summed E-state index contributed by atoms with van der Waals surface area (Å²) in [6, 6.07) is 17.4. The molecule has 1 aliphatic heterocycles. The van der Waals surface area contributed by atoms with E-state index in [9.17, 15) is 4.79 Å². The van der Waals surface area contributed by atoms with Crippen molar-refractivity contribution in [1.29, 1.82) is 0 Å². The van der Waals surface area contributed by atoms with E-state index in [1.807, 2.05) is 66.4 Å². The van der Waals surface area contributed by atoms with Crippen LogP contribution in [0.4, 0.5) is 0 Å². The van der Waals surface area contributed by atoms with Crippen LogP contribution in [0.15, 0.2) is 54.6 Å². The summed E-state index contributed by atoms with van der Waals surface area (Å²) in [6.07, 6.45) is 1.98. The van der Waals surface area contributed by atoms with E-state index >= 15 is 0 Å². The standard InChI is InChI=1S/C20H23ClN2O/c1-14(19(22)15-7-3-2-4-8-15)20(24)23-12-6-11-18(23)16-9-5-10-17(21)13-16/h2-5,7-10,13-14,18-19H,6,11-12,22H2,1H3. The highest BCUT2D eigenvalue weighted by molar-refractivity contribution is 6.30. The quantitative estimate of drug-likeness (QED) is 0.898. The van der Waals surface area contributed by atoms with Crippen molar-refractivity contribution in [1.82, 2.24) is 4.90 Å². The molecule has 3 rings (SSSR count). The van der Waals surface area contributed by atoms with Crippen LogP contribution in [0.1, 0.15) is 43.0 Å². The fourth-order valence-corrected chi connectivity index (χ4v) is 3.67. The molecule has 2 aromatic carbocycles. The molecule has 126 valence electrons. The summed E-state index contributed by atoms with van der Waals surface area (Å²) < 4.78 is 0. The fraction of sp³-hybridized carbons (Fsp3) is 0.350. The molecular weight excluding hydrogens is 320 g/mol. The molecule has 0 saturated carbocycles. The number of nitrogens with zero attached hydrogens (tertiary/aromatic N) is 1. The fourth-order valence-electron chi connectivity index (χ4n) is 3.47. The molecular formula is C20H23ClN2O. The average molecular weight is 343 g/mol. The number of nitrogens with two attached hydrogens (primary N) is 1. The first-order chi connectivity index (χ1) is 11.6. The van der Waals surface area contributed by atoms with Gasteiger partial charge in [-0.2, -0.15) is 0 Å². The van der Waals surface area contributed by atoms with Crippen molar-refractivity contribution in [3.63, 3.8) is 0 Å². The number of carbonyl (C=O) groups is 1. The molecule has 3 atom stereocenters. The second kappa shape index (κ2) is 7.37. The minimum Gasteiger partial charge on any atom is -0.335 e. The largest absolute Gasteiger partial charge is 0.335 e. The van der Waals surface area contributed by atoms with Crippen molar-refractivity contribution in [3.05, 3.63) is 70.7 Å². The maximum atomic E-state index is 13.0. The van der Waals surface area contributed by atoms with E-state index in [0.717, 1.165) is 30.5 Å². The predicted molar refractivity (Wildman–Crippen MR) is 97.7 cm³/mol. The molecule has 1 fully saturated rings. The zero-order valence-electron chi connectivity index (χ0n) is 13.9. The van der Waals surface area contributed by atoms with Gasteiger partial charge in [-0.05, 0) is 36.1 Å². The van der Waals surface area contributed by atoms with Crippen LogP contribution < -0.4 is 5.73 Å². The van der Waals surface area contributed by atoms with E-state index in [1.54, 1.807) is 0 Å². The molecule has 0 radical (unpaired) electrons. The van der Waals surface area contributed by atoms with Gasteiger partial charge >= 0.3 is 0 Å². The molecule has 1 saturated heterocycles. The highest BCUT2D eigenvalue weighted by atomic mass is 35.5.